The number of halogens is 2. The summed E-state index contributed by atoms with van der Waals surface area (Å²) in [5, 5.41) is 20.3. The van der Waals surface area contributed by atoms with Gasteiger partial charge in [-0.15, -0.1) is 24.0 Å². The van der Waals surface area contributed by atoms with Crippen LogP contribution in [0, 0.1) is 5.82 Å². The third-order valence-electron chi connectivity index (χ3n) is 4.66. The Balaban J connectivity index is 0.00000300. The van der Waals surface area contributed by atoms with E-state index in [2.05, 4.69) is 30.4 Å². The minimum Gasteiger partial charge on any atom is -0.491 e. The van der Waals surface area contributed by atoms with Crippen molar-refractivity contribution in [1.82, 2.24) is 25.4 Å². The quantitative estimate of drug-likeness (QED) is 0.295. The van der Waals surface area contributed by atoms with Crippen LogP contribution in [0.2, 0.25) is 0 Å². The number of H-pyrrole nitrogens is 1. The second kappa shape index (κ2) is 11.9. The van der Waals surface area contributed by atoms with Crippen molar-refractivity contribution in [2.24, 2.45) is 4.99 Å². The summed E-state index contributed by atoms with van der Waals surface area (Å²) < 4.78 is 18.4. The van der Waals surface area contributed by atoms with E-state index in [9.17, 15) is 9.50 Å². The second-order valence-corrected chi connectivity index (χ2v) is 6.75. The maximum absolute atomic E-state index is 12.9. The third kappa shape index (κ3) is 7.11. The Bertz CT molecular complexity index is 736. The molecule has 8 nitrogen and oxygen atoms in total. The summed E-state index contributed by atoms with van der Waals surface area (Å²) in [5.74, 6) is 2.32. The molecule has 29 heavy (non-hydrogen) atoms. The number of nitrogens with one attached hydrogen (secondary N) is 2. The van der Waals surface area contributed by atoms with Gasteiger partial charge in [0.1, 0.15) is 36.4 Å². The Hall–Kier alpha value is -1.95. The van der Waals surface area contributed by atoms with Crippen molar-refractivity contribution in [3.8, 4) is 5.75 Å². The molecule has 0 bridgehead atoms. The van der Waals surface area contributed by atoms with Crippen LogP contribution in [0.4, 0.5) is 4.39 Å². The number of rotatable bonds is 7. The molecule has 1 atom stereocenters. The highest BCUT2D eigenvalue weighted by molar-refractivity contribution is 14.0. The number of aliphatic hydroxyl groups excluding tert-OH is 1. The lowest BCUT2D eigenvalue weighted by molar-refractivity contribution is 0.114. The molecule has 2 heterocycles. The van der Waals surface area contributed by atoms with Crippen LogP contribution in [0.25, 0.3) is 0 Å². The topological polar surface area (TPSA) is 98.7 Å². The molecule has 0 aliphatic carbocycles. The summed E-state index contributed by atoms with van der Waals surface area (Å²) in [4.78, 5) is 11.0. The predicted octanol–water partition coefficient (Wildman–Crippen LogP) is 2.15. The average molecular weight is 518 g/mol. The Kier molecular flexibility index (Phi) is 9.58. The molecule has 0 radical (unpaired) electrons. The molecule has 1 aromatic carbocycles. The standard InChI is InChI=1S/C19H27FN6O2.HI/c1-2-21-19(26-9-7-14(8-10-26)18-23-13-24-25-18)22-11-16(27)12-28-17-5-3-15(20)4-6-17;/h3-6,13-14,16,27H,2,7-12H2,1H3,(H,21,22)(H,23,24,25);1H. The highest BCUT2D eigenvalue weighted by atomic mass is 127. The minimum absolute atomic E-state index is 0. The first-order valence-corrected chi connectivity index (χ1v) is 9.60. The van der Waals surface area contributed by atoms with E-state index in [-0.39, 0.29) is 42.9 Å². The zero-order chi connectivity index (χ0) is 19.8. The van der Waals surface area contributed by atoms with Crippen molar-refractivity contribution < 1.29 is 14.2 Å². The predicted molar refractivity (Wildman–Crippen MR) is 119 cm³/mol. The van der Waals surface area contributed by atoms with Gasteiger partial charge in [-0.3, -0.25) is 10.1 Å². The molecule has 1 aromatic heterocycles. The Morgan fingerprint density at radius 1 is 1.38 bits per heavy atom. The molecule has 160 valence electrons. The molecule has 0 amide bonds. The average Bonchev–Trinajstić information content (AvgIpc) is 3.26. The van der Waals surface area contributed by atoms with Gasteiger partial charge in [0, 0.05) is 25.6 Å². The van der Waals surface area contributed by atoms with E-state index < -0.39 is 6.10 Å². The maximum Gasteiger partial charge on any atom is 0.194 e. The number of hydrogen-bond acceptors (Lipinski definition) is 5. The molecular formula is C19H28FIN6O2. The van der Waals surface area contributed by atoms with Gasteiger partial charge >= 0.3 is 0 Å². The number of aliphatic imine (C=N–C) groups is 1. The van der Waals surface area contributed by atoms with Crippen LogP contribution in [0.1, 0.15) is 31.5 Å². The van der Waals surface area contributed by atoms with Crippen molar-refractivity contribution in [3.63, 3.8) is 0 Å². The van der Waals surface area contributed by atoms with E-state index in [4.69, 9.17) is 4.74 Å². The van der Waals surface area contributed by atoms with Crippen molar-refractivity contribution in [2.45, 2.75) is 31.8 Å². The van der Waals surface area contributed by atoms with Crippen LogP contribution < -0.4 is 10.1 Å². The molecule has 0 saturated carbocycles. The van der Waals surface area contributed by atoms with Crippen LogP contribution >= 0.6 is 24.0 Å². The summed E-state index contributed by atoms with van der Waals surface area (Å²) in [7, 11) is 0. The van der Waals surface area contributed by atoms with Gasteiger partial charge in [0.25, 0.3) is 0 Å². The van der Waals surface area contributed by atoms with Gasteiger partial charge in [-0.2, -0.15) is 5.10 Å². The fourth-order valence-electron chi connectivity index (χ4n) is 3.17. The molecule has 1 saturated heterocycles. The van der Waals surface area contributed by atoms with E-state index >= 15 is 0 Å². The number of likely N-dealkylation sites (tertiary alicyclic amines) is 1. The lowest BCUT2D eigenvalue weighted by atomic mass is 9.96. The molecular weight excluding hydrogens is 490 g/mol. The number of aliphatic hydroxyl groups is 1. The molecule has 1 aliphatic heterocycles. The van der Waals surface area contributed by atoms with Gasteiger partial charge in [-0.1, -0.05) is 0 Å². The van der Waals surface area contributed by atoms with Crippen LogP contribution in [0.3, 0.4) is 0 Å². The Labute approximate surface area is 187 Å². The summed E-state index contributed by atoms with van der Waals surface area (Å²) >= 11 is 0. The zero-order valence-corrected chi connectivity index (χ0v) is 18.8. The number of ether oxygens (including phenoxy) is 1. The highest BCUT2D eigenvalue weighted by Crippen LogP contribution is 2.24. The zero-order valence-electron chi connectivity index (χ0n) is 16.4. The normalized spacial score (nSPS) is 16.2. The number of piperidine rings is 1. The van der Waals surface area contributed by atoms with Gasteiger partial charge in [-0.05, 0) is 44.0 Å². The Morgan fingerprint density at radius 3 is 2.72 bits per heavy atom. The summed E-state index contributed by atoms with van der Waals surface area (Å²) in [5.41, 5.74) is 0. The van der Waals surface area contributed by atoms with Crippen molar-refractivity contribution in [3.05, 3.63) is 42.2 Å². The highest BCUT2D eigenvalue weighted by Gasteiger charge is 2.24. The monoisotopic (exact) mass is 518 g/mol. The molecule has 3 rings (SSSR count). The molecule has 0 spiro atoms. The second-order valence-electron chi connectivity index (χ2n) is 6.75. The summed E-state index contributed by atoms with van der Waals surface area (Å²) in [6.07, 6.45) is 2.74. The van der Waals surface area contributed by atoms with Crippen molar-refractivity contribution in [1.29, 1.82) is 0 Å². The summed E-state index contributed by atoms with van der Waals surface area (Å²) in [6, 6.07) is 5.72. The summed E-state index contributed by atoms with van der Waals surface area (Å²) in [6.45, 7) is 4.82. The lowest BCUT2D eigenvalue weighted by Gasteiger charge is -2.33. The van der Waals surface area contributed by atoms with E-state index in [1.54, 1.807) is 6.33 Å². The van der Waals surface area contributed by atoms with E-state index in [1.165, 1.54) is 24.3 Å². The molecule has 1 fully saturated rings. The molecule has 1 unspecified atom stereocenters. The number of benzene rings is 1. The van der Waals surface area contributed by atoms with Crippen LogP contribution in [-0.2, 0) is 0 Å². The number of aromatic amines is 1. The fourth-order valence-corrected chi connectivity index (χ4v) is 3.17. The smallest absolute Gasteiger partial charge is 0.194 e. The number of nitrogens with zero attached hydrogens (tertiary/aromatic N) is 4. The first kappa shape index (κ1) is 23.3. The molecule has 3 N–H and O–H groups in total. The first-order valence-electron chi connectivity index (χ1n) is 9.60. The van der Waals surface area contributed by atoms with Gasteiger partial charge in [0.05, 0.1) is 6.54 Å². The number of hydrogen-bond donors (Lipinski definition) is 3. The van der Waals surface area contributed by atoms with Crippen LogP contribution in [0.15, 0.2) is 35.6 Å². The van der Waals surface area contributed by atoms with Gasteiger partial charge in [0.2, 0.25) is 0 Å². The lowest BCUT2D eigenvalue weighted by Crippen LogP contribution is -2.45. The van der Waals surface area contributed by atoms with Gasteiger partial charge < -0.3 is 20.1 Å². The fraction of sp³-hybridized carbons (Fsp3) is 0.526. The molecule has 10 heteroatoms. The minimum atomic E-state index is -0.745. The van der Waals surface area contributed by atoms with E-state index in [1.807, 2.05) is 6.92 Å². The Morgan fingerprint density at radius 2 is 2.10 bits per heavy atom. The van der Waals surface area contributed by atoms with Crippen LogP contribution in [0.5, 0.6) is 5.75 Å². The van der Waals surface area contributed by atoms with Crippen LogP contribution in [-0.4, -0.2) is 70.0 Å². The maximum atomic E-state index is 12.9. The first-order chi connectivity index (χ1) is 13.7. The molecule has 1 aliphatic rings. The van der Waals surface area contributed by atoms with Gasteiger partial charge in [-0.25, -0.2) is 9.37 Å². The van der Waals surface area contributed by atoms with Gasteiger partial charge in [0.15, 0.2) is 5.96 Å². The molecule has 2 aromatic rings. The van der Waals surface area contributed by atoms with Crippen molar-refractivity contribution >= 4 is 29.9 Å². The number of guanidine groups is 1. The van der Waals surface area contributed by atoms with E-state index in [0.29, 0.717) is 11.7 Å². The largest absolute Gasteiger partial charge is 0.491 e. The van der Waals surface area contributed by atoms with Crippen molar-refractivity contribution in [2.75, 3.05) is 32.8 Å². The SMILES string of the molecule is CCNC(=NCC(O)COc1ccc(F)cc1)N1CCC(c2ncn[nH]2)CC1.I. The number of aromatic nitrogens is 3. The third-order valence-corrected chi connectivity index (χ3v) is 4.66. The van der Waals surface area contributed by atoms with E-state index in [0.717, 1.165) is 44.3 Å².